The van der Waals surface area contributed by atoms with Crippen LogP contribution in [0.4, 0.5) is 5.69 Å². The van der Waals surface area contributed by atoms with Gasteiger partial charge >= 0.3 is 0 Å². The molecule has 0 aliphatic rings. The molecule has 0 aliphatic heterocycles. The summed E-state index contributed by atoms with van der Waals surface area (Å²) in [6.45, 7) is 0. The number of aromatic nitrogens is 4. The van der Waals surface area contributed by atoms with E-state index in [-0.39, 0.29) is 0 Å². The third-order valence-electron chi connectivity index (χ3n) is 2.37. The average molecular weight is 199 g/mol. The minimum absolute atomic E-state index is 0.728. The second-order valence-corrected chi connectivity index (χ2v) is 3.33. The maximum Gasteiger partial charge on any atom is 0.139 e. The number of nitrogens with two attached hydrogens (primary N) is 1. The van der Waals surface area contributed by atoms with E-state index in [9.17, 15) is 0 Å². The molecule has 0 saturated heterocycles. The van der Waals surface area contributed by atoms with E-state index < -0.39 is 0 Å². The number of nitrogens with zero attached hydrogens (tertiary/aromatic N) is 2. The number of nitrogen functional groups attached to an aromatic ring is 1. The van der Waals surface area contributed by atoms with Crippen molar-refractivity contribution >= 4 is 16.7 Å². The largest absolute Gasteiger partial charge is 0.398 e. The molecule has 5 heteroatoms. The van der Waals surface area contributed by atoms with Gasteiger partial charge in [0.25, 0.3) is 0 Å². The van der Waals surface area contributed by atoms with Gasteiger partial charge in [-0.05, 0) is 12.1 Å². The first-order chi connectivity index (χ1) is 7.34. The first-order valence-electron chi connectivity index (χ1n) is 4.57. The van der Waals surface area contributed by atoms with Crippen molar-refractivity contribution in [3.8, 4) is 11.3 Å². The van der Waals surface area contributed by atoms with E-state index >= 15 is 0 Å². The maximum absolute atomic E-state index is 5.84. The fourth-order valence-corrected chi connectivity index (χ4v) is 1.60. The number of rotatable bonds is 1. The van der Waals surface area contributed by atoms with Crippen LogP contribution < -0.4 is 5.73 Å². The molecule has 0 aliphatic carbocycles. The van der Waals surface area contributed by atoms with E-state index in [1.165, 1.54) is 0 Å². The molecule has 3 heterocycles. The molecule has 4 N–H and O–H groups in total. The van der Waals surface area contributed by atoms with Crippen molar-refractivity contribution in [3.63, 3.8) is 0 Å². The molecule has 0 aromatic carbocycles. The molecule has 15 heavy (non-hydrogen) atoms. The molecular weight excluding hydrogens is 190 g/mol. The van der Waals surface area contributed by atoms with Gasteiger partial charge in [-0.1, -0.05) is 0 Å². The highest BCUT2D eigenvalue weighted by atomic mass is 15.1. The Labute approximate surface area is 85.3 Å². The first kappa shape index (κ1) is 8.05. The summed E-state index contributed by atoms with van der Waals surface area (Å²) in [4.78, 5) is 7.39. The Balaban J connectivity index is 2.27. The number of pyridine rings is 1. The molecule has 74 valence electrons. The van der Waals surface area contributed by atoms with E-state index in [0.717, 1.165) is 28.0 Å². The molecule has 0 radical (unpaired) electrons. The monoisotopic (exact) mass is 199 g/mol. The fraction of sp³-hybridized carbons (Fsp3) is 0. The minimum Gasteiger partial charge on any atom is -0.398 e. The molecule has 0 spiro atoms. The van der Waals surface area contributed by atoms with Gasteiger partial charge in [-0.3, -0.25) is 5.10 Å². The van der Waals surface area contributed by atoms with Gasteiger partial charge in [0.1, 0.15) is 5.65 Å². The Morgan fingerprint density at radius 2 is 2.27 bits per heavy atom. The van der Waals surface area contributed by atoms with Gasteiger partial charge in [0.15, 0.2) is 0 Å². The first-order valence-corrected chi connectivity index (χ1v) is 4.57. The molecule has 0 atom stereocenters. The second kappa shape index (κ2) is 2.84. The van der Waals surface area contributed by atoms with Crippen LogP contribution in [0, 0.1) is 0 Å². The highest BCUT2D eigenvalue weighted by Gasteiger charge is 2.06. The van der Waals surface area contributed by atoms with Crippen LogP contribution in [0.2, 0.25) is 0 Å². The standard InChI is InChI=1S/C10H9N5/c11-8-1-2-12-10-7(8)3-9(15-10)6-4-13-14-5-6/h1-5H,(H,13,14)(H3,11,12,15). The smallest absolute Gasteiger partial charge is 0.139 e. The second-order valence-electron chi connectivity index (χ2n) is 3.33. The molecule has 0 fully saturated rings. The lowest BCUT2D eigenvalue weighted by Crippen LogP contribution is -1.85. The lowest BCUT2D eigenvalue weighted by atomic mass is 10.2. The predicted molar refractivity (Wildman–Crippen MR) is 58.1 cm³/mol. The Bertz CT molecular complexity index is 593. The summed E-state index contributed by atoms with van der Waals surface area (Å²) in [6, 6.07) is 3.76. The number of hydrogen-bond acceptors (Lipinski definition) is 3. The number of anilines is 1. The molecule has 3 aromatic rings. The van der Waals surface area contributed by atoms with E-state index in [2.05, 4.69) is 20.2 Å². The van der Waals surface area contributed by atoms with Gasteiger partial charge in [0.05, 0.1) is 11.9 Å². The summed E-state index contributed by atoms with van der Waals surface area (Å²) in [5, 5.41) is 7.60. The van der Waals surface area contributed by atoms with Gasteiger partial charge in [-0.25, -0.2) is 4.98 Å². The summed E-state index contributed by atoms with van der Waals surface area (Å²) in [5.41, 5.74) is 9.32. The van der Waals surface area contributed by atoms with Crippen LogP contribution in [0.3, 0.4) is 0 Å². The quantitative estimate of drug-likeness (QED) is 0.555. The highest BCUT2D eigenvalue weighted by Crippen LogP contribution is 2.25. The zero-order chi connectivity index (χ0) is 10.3. The van der Waals surface area contributed by atoms with Crippen molar-refractivity contribution in [2.45, 2.75) is 0 Å². The zero-order valence-corrected chi connectivity index (χ0v) is 7.86. The van der Waals surface area contributed by atoms with Crippen molar-refractivity contribution < 1.29 is 0 Å². The minimum atomic E-state index is 0.728. The van der Waals surface area contributed by atoms with Crippen LogP contribution in [0.5, 0.6) is 0 Å². The van der Waals surface area contributed by atoms with Crippen LogP contribution in [0.1, 0.15) is 0 Å². The van der Waals surface area contributed by atoms with E-state index in [1.807, 2.05) is 12.3 Å². The molecule has 0 amide bonds. The lowest BCUT2D eigenvalue weighted by Gasteiger charge is -1.91. The SMILES string of the molecule is Nc1ccnc2[nH]c(-c3cn[nH]c3)cc12. The van der Waals surface area contributed by atoms with E-state index in [4.69, 9.17) is 5.73 Å². The fourth-order valence-electron chi connectivity index (χ4n) is 1.60. The van der Waals surface area contributed by atoms with E-state index in [0.29, 0.717) is 0 Å². The maximum atomic E-state index is 5.84. The number of nitrogens with one attached hydrogen (secondary N) is 2. The summed E-state index contributed by atoms with van der Waals surface area (Å²) < 4.78 is 0. The van der Waals surface area contributed by atoms with Crippen molar-refractivity contribution in [1.82, 2.24) is 20.2 Å². The molecule has 0 saturated carbocycles. The summed E-state index contributed by atoms with van der Waals surface area (Å²) in [6.07, 6.45) is 5.26. The molecular formula is C10H9N5. The number of fused-ring (bicyclic) bond motifs is 1. The average Bonchev–Trinajstić information content (AvgIpc) is 2.86. The zero-order valence-electron chi connectivity index (χ0n) is 7.86. The lowest BCUT2D eigenvalue weighted by molar-refractivity contribution is 1.09. The Kier molecular flexibility index (Phi) is 1.53. The molecule has 3 aromatic heterocycles. The Morgan fingerprint density at radius 1 is 1.33 bits per heavy atom. The van der Waals surface area contributed by atoms with Crippen LogP contribution in [-0.2, 0) is 0 Å². The number of hydrogen-bond donors (Lipinski definition) is 3. The number of H-pyrrole nitrogens is 2. The summed E-state index contributed by atoms with van der Waals surface area (Å²) in [5.74, 6) is 0. The Morgan fingerprint density at radius 3 is 3.00 bits per heavy atom. The highest BCUT2D eigenvalue weighted by molar-refractivity contribution is 5.92. The third kappa shape index (κ3) is 1.17. The van der Waals surface area contributed by atoms with Crippen LogP contribution in [-0.4, -0.2) is 20.2 Å². The van der Waals surface area contributed by atoms with Crippen LogP contribution in [0.25, 0.3) is 22.3 Å². The van der Waals surface area contributed by atoms with E-state index in [1.54, 1.807) is 18.5 Å². The van der Waals surface area contributed by atoms with Crippen LogP contribution in [0.15, 0.2) is 30.7 Å². The molecule has 5 nitrogen and oxygen atoms in total. The van der Waals surface area contributed by atoms with Gasteiger partial charge in [0, 0.05) is 29.0 Å². The molecule has 0 bridgehead atoms. The van der Waals surface area contributed by atoms with Crippen molar-refractivity contribution in [3.05, 3.63) is 30.7 Å². The molecule has 0 unspecified atom stereocenters. The third-order valence-corrected chi connectivity index (χ3v) is 2.37. The van der Waals surface area contributed by atoms with Gasteiger partial charge < -0.3 is 10.7 Å². The topological polar surface area (TPSA) is 83.4 Å². The summed E-state index contributed by atoms with van der Waals surface area (Å²) >= 11 is 0. The predicted octanol–water partition coefficient (Wildman–Crippen LogP) is 1.54. The van der Waals surface area contributed by atoms with Gasteiger partial charge in [-0.2, -0.15) is 5.10 Å². The van der Waals surface area contributed by atoms with Crippen molar-refractivity contribution in [1.29, 1.82) is 0 Å². The molecule has 3 rings (SSSR count). The number of aromatic amines is 2. The summed E-state index contributed by atoms with van der Waals surface area (Å²) in [7, 11) is 0. The van der Waals surface area contributed by atoms with Crippen molar-refractivity contribution in [2.75, 3.05) is 5.73 Å². The normalized spacial score (nSPS) is 10.9. The van der Waals surface area contributed by atoms with Crippen molar-refractivity contribution in [2.24, 2.45) is 0 Å². The Hall–Kier alpha value is -2.30. The van der Waals surface area contributed by atoms with Gasteiger partial charge in [-0.15, -0.1) is 0 Å². The van der Waals surface area contributed by atoms with Crippen LogP contribution >= 0.6 is 0 Å². The van der Waals surface area contributed by atoms with Gasteiger partial charge in [0.2, 0.25) is 0 Å².